The van der Waals surface area contributed by atoms with Crippen LogP contribution in [0.5, 0.6) is 0 Å². The maximum Gasteiger partial charge on any atom is 0.416 e. The molecular weight excluding hydrogens is 481 g/mol. The molecule has 0 radical (unpaired) electrons. The highest BCUT2D eigenvalue weighted by molar-refractivity contribution is 9.10. The molecule has 1 N–H and O–H groups in total. The third kappa shape index (κ3) is 3.90. The fourth-order valence-electron chi connectivity index (χ4n) is 3.28. The van der Waals surface area contributed by atoms with Crippen LogP contribution in [-0.4, -0.2) is 24.3 Å². The average molecular weight is 495 g/mol. The van der Waals surface area contributed by atoms with Gasteiger partial charge in [-0.1, -0.05) is 0 Å². The topological polar surface area (TPSA) is 98.2 Å². The second kappa shape index (κ2) is 7.45. The van der Waals surface area contributed by atoms with E-state index in [0.717, 1.165) is 12.1 Å². The van der Waals surface area contributed by atoms with E-state index in [2.05, 4.69) is 36.2 Å². The van der Waals surface area contributed by atoms with E-state index in [-0.39, 0.29) is 5.56 Å². The molecule has 8 nitrogen and oxygen atoms in total. The molecule has 3 heterocycles. The van der Waals surface area contributed by atoms with Crippen LogP contribution in [0.4, 0.5) is 24.7 Å². The van der Waals surface area contributed by atoms with Crippen LogP contribution in [0.15, 0.2) is 41.1 Å². The Morgan fingerprint density at radius 2 is 1.94 bits per heavy atom. The molecule has 0 amide bonds. The zero-order chi connectivity index (χ0) is 22.5. The molecule has 0 fully saturated rings. The molecule has 1 aromatic carbocycles. The predicted molar refractivity (Wildman–Crippen MR) is 111 cm³/mol. The zero-order valence-electron chi connectivity index (χ0n) is 16.1. The van der Waals surface area contributed by atoms with Gasteiger partial charge in [-0.15, -0.1) is 0 Å². The molecule has 0 unspecified atom stereocenters. The summed E-state index contributed by atoms with van der Waals surface area (Å²) in [6, 6.07) is 3.59. The minimum Gasteiger partial charge on any atom is -0.363 e. The second-order valence-corrected chi connectivity index (χ2v) is 7.76. The van der Waals surface area contributed by atoms with Gasteiger partial charge < -0.3 is 5.32 Å². The third-order valence-corrected chi connectivity index (χ3v) is 5.31. The van der Waals surface area contributed by atoms with E-state index in [1.54, 1.807) is 36.7 Å². The Kier molecular flexibility index (Phi) is 5.04. The standard InChI is InChI=1S/C19H14BrF3N6O2/c1-9(11-5-12(19(21,22)23)7-13(6-11)29(30)31)25-16-14-8-15(20)18-24-3-4-28(18)17(14)27-10(2)26-16/h3-9H,1-2H3,(H,25,26,27)/t9-/m1/s1. The van der Waals surface area contributed by atoms with Crippen molar-refractivity contribution in [2.75, 3.05) is 5.32 Å². The molecule has 31 heavy (non-hydrogen) atoms. The normalized spacial score (nSPS) is 13.0. The summed E-state index contributed by atoms with van der Waals surface area (Å²) in [4.78, 5) is 23.4. The maximum absolute atomic E-state index is 13.2. The number of nitro benzene ring substituents is 1. The van der Waals surface area contributed by atoms with Crippen molar-refractivity contribution in [3.8, 4) is 0 Å². The van der Waals surface area contributed by atoms with Crippen LogP contribution in [-0.2, 0) is 6.18 Å². The maximum atomic E-state index is 13.2. The van der Waals surface area contributed by atoms with Gasteiger partial charge in [-0.25, -0.2) is 15.0 Å². The number of halogens is 4. The van der Waals surface area contributed by atoms with Crippen molar-refractivity contribution in [3.63, 3.8) is 0 Å². The van der Waals surface area contributed by atoms with Crippen LogP contribution in [0, 0.1) is 17.0 Å². The summed E-state index contributed by atoms with van der Waals surface area (Å²) in [6.45, 7) is 3.29. The lowest BCUT2D eigenvalue weighted by molar-refractivity contribution is -0.385. The van der Waals surface area contributed by atoms with E-state index in [9.17, 15) is 23.3 Å². The molecular formula is C19H14BrF3N6O2. The summed E-state index contributed by atoms with van der Waals surface area (Å²) in [5.41, 5.74) is -0.401. The number of benzene rings is 1. The number of fused-ring (bicyclic) bond motifs is 3. The molecule has 0 aliphatic heterocycles. The Bertz CT molecular complexity index is 1340. The lowest BCUT2D eigenvalue weighted by atomic mass is 10.0. The Balaban J connectivity index is 1.82. The summed E-state index contributed by atoms with van der Waals surface area (Å²) in [5, 5.41) is 14.8. The van der Waals surface area contributed by atoms with Gasteiger partial charge in [0.1, 0.15) is 11.6 Å². The molecule has 160 valence electrons. The molecule has 0 aliphatic rings. The number of rotatable bonds is 4. The number of hydrogen-bond donors (Lipinski definition) is 1. The number of nitrogens with one attached hydrogen (secondary N) is 1. The van der Waals surface area contributed by atoms with Gasteiger partial charge in [0, 0.05) is 24.5 Å². The van der Waals surface area contributed by atoms with E-state index in [1.807, 2.05) is 0 Å². The van der Waals surface area contributed by atoms with Gasteiger partial charge in [0.2, 0.25) is 0 Å². The highest BCUT2D eigenvalue weighted by Crippen LogP contribution is 2.35. The van der Waals surface area contributed by atoms with Crippen LogP contribution in [0.1, 0.15) is 29.9 Å². The van der Waals surface area contributed by atoms with Gasteiger partial charge in [0.05, 0.1) is 26.4 Å². The summed E-state index contributed by atoms with van der Waals surface area (Å²) in [6.07, 6.45) is -1.36. The van der Waals surface area contributed by atoms with E-state index >= 15 is 0 Å². The number of aromatic nitrogens is 4. The van der Waals surface area contributed by atoms with Crippen molar-refractivity contribution < 1.29 is 18.1 Å². The first kappa shape index (κ1) is 21.0. The van der Waals surface area contributed by atoms with Crippen LogP contribution in [0.2, 0.25) is 0 Å². The highest BCUT2D eigenvalue weighted by atomic mass is 79.9. The number of non-ortho nitro benzene ring substituents is 1. The highest BCUT2D eigenvalue weighted by Gasteiger charge is 2.33. The monoisotopic (exact) mass is 494 g/mol. The van der Waals surface area contributed by atoms with Crippen LogP contribution in [0.25, 0.3) is 16.7 Å². The van der Waals surface area contributed by atoms with E-state index in [1.165, 1.54) is 0 Å². The number of anilines is 1. The van der Waals surface area contributed by atoms with Crippen molar-refractivity contribution in [3.05, 3.63) is 68.2 Å². The van der Waals surface area contributed by atoms with Crippen molar-refractivity contribution in [2.45, 2.75) is 26.1 Å². The number of nitro groups is 1. The number of hydrogen-bond acceptors (Lipinski definition) is 6. The fourth-order valence-corrected chi connectivity index (χ4v) is 3.80. The van der Waals surface area contributed by atoms with Gasteiger partial charge in [-0.3, -0.25) is 14.5 Å². The van der Waals surface area contributed by atoms with Crippen molar-refractivity contribution in [2.24, 2.45) is 0 Å². The van der Waals surface area contributed by atoms with E-state index < -0.39 is 28.4 Å². The van der Waals surface area contributed by atoms with E-state index in [4.69, 9.17) is 0 Å². The molecule has 4 aromatic rings. The first-order valence-electron chi connectivity index (χ1n) is 8.97. The molecule has 3 aromatic heterocycles. The lowest BCUT2D eigenvalue weighted by Crippen LogP contribution is -2.13. The van der Waals surface area contributed by atoms with Gasteiger partial charge in [-0.05, 0) is 47.5 Å². The summed E-state index contributed by atoms with van der Waals surface area (Å²) in [7, 11) is 0. The molecule has 4 rings (SSSR count). The average Bonchev–Trinajstić information content (AvgIpc) is 3.19. The van der Waals surface area contributed by atoms with Crippen LogP contribution >= 0.6 is 15.9 Å². The minimum absolute atomic E-state index is 0.105. The Hall–Kier alpha value is -3.28. The molecule has 0 saturated carbocycles. The summed E-state index contributed by atoms with van der Waals surface area (Å²) >= 11 is 3.45. The molecule has 0 saturated heterocycles. The third-order valence-electron chi connectivity index (χ3n) is 4.72. The SMILES string of the molecule is Cc1nc(N[C@H](C)c2cc([N+](=O)[O-])cc(C(F)(F)F)c2)c2cc(Br)c3nccn3c2n1. The van der Waals surface area contributed by atoms with Crippen molar-refractivity contribution >= 4 is 44.1 Å². The summed E-state index contributed by atoms with van der Waals surface area (Å²) in [5.74, 6) is 0.820. The van der Waals surface area contributed by atoms with Gasteiger partial charge in [0.15, 0.2) is 11.3 Å². The number of alkyl halides is 3. The number of pyridine rings is 1. The Morgan fingerprint density at radius 3 is 2.61 bits per heavy atom. The summed E-state index contributed by atoms with van der Waals surface area (Å²) < 4.78 is 42.2. The second-order valence-electron chi connectivity index (χ2n) is 6.90. The zero-order valence-corrected chi connectivity index (χ0v) is 17.7. The van der Waals surface area contributed by atoms with Crippen LogP contribution < -0.4 is 5.32 Å². The number of imidazole rings is 1. The van der Waals surface area contributed by atoms with Gasteiger partial charge in [-0.2, -0.15) is 13.2 Å². The van der Waals surface area contributed by atoms with Crippen LogP contribution in [0.3, 0.4) is 0 Å². The molecule has 1 atom stereocenters. The van der Waals surface area contributed by atoms with Gasteiger partial charge >= 0.3 is 6.18 Å². The number of nitrogens with zero attached hydrogens (tertiary/aromatic N) is 5. The smallest absolute Gasteiger partial charge is 0.363 e. The largest absolute Gasteiger partial charge is 0.416 e. The predicted octanol–water partition coefficient (Wildman–Crippen LogP) is 5.45. The molecule has 0 bridgehead atoms. The van der Waals surface area contributed by atoms with E-state index in [0.29, 0.717) is 38.9 Å². The molecule has 0 spiro atoms. The van der Waals surface area contributed by atoms with Crippen molar-refractivity contribution in [1.82, 2.24) is 19.4 Å². The quantitative estimate of drug-likeness (QED) is 0.299. The Morgan fingerprint density at radius 1 is 1.19 bits per heavy atom. The fraction of sp³-hybridized carbons (Fsp3) is 0.211. The van der Waals surface area contributed by atoms with Crippen molar-refractivity contribution in [1.29, 1.82) is 0 Å². The first-order chi connectivity index (χ1) is 14.5. The first-order valence-corrected chi connectivity index (χ1v) is 9.77. The Labute approximate surface area is 181 Å². The lowest BCUT2D eigenvalue weighted by Gasteiger charge is -2.18. The molecule has 0 aliphatic carbocycles. The number of aryl methyl sites for hydroxylation is 1. The molecule has 12 heteroatoms. The minimum atomic E-state index is -4.71. The van der Waals surface area contributed by atoms with Gasteiger partial charge in [0.25, 0.3) is 5.69 Å².